The van der Waals surface area contributed by atoms with Crippen LogP contribution in [0.1, 0.15) is 27.0 Å². The first kappa shape index (κ1) is 17.9. The molecule has 6 heteroatoms. The van der Waals surface area contributed by atoms with E-state index in [0.717, 1.165) is 27.5 Å². The second-order valence-electron chi connectivity index (χ2n) is 7.09. The van der Waals surface area contributed by atoms with E-state index in [0.29, 0.717) is 29.3 Å². The van der Waals surface area contributed by atoms with Crippen LogP contribution in [0.25, 0.3) is 22.5 Å². The molecule has 1 aliphatic heterocycles. The second-order valence-corrected chi connectivity index (χ2v) is 7.09. The summed E-state index contributed by atoms with van der Waals surface area (Å²) in [5.41, 5.74) is 11.0. The molecule has 5 rings (SSSR count). The number of aromatic nitrogens is 2. The first-order valence-electron chi connectivity index (χ1n) is 9.63. The minimum absolute atomic E-state index is 0.245. The van der Waals surface area contributed by atoms with Crippen molar-refractivity contribution in [3.05, 3.63) is 95.4 Å². The molecule has 1 amide bonds. The molecule has 0 saturated carbocycles. The zero-order valence-corrected chi connectivity index (χ0v) is 16.1. The van der Waals surface area contributed by atoms with Gasteiger partial charge >= 0.3 is 0 Å². The first-order valence-corrected chi connectivity index (χ1v) is 9.63. The SMILES string of the molecule is N/C1=C\c2cnccc2CNc2ncccc2C(=O)Nc2ccc3ccccc3c21. The van der Waals surface area contributed by atoms with Gasteiger partial charge in [0.1, 0.15) is 5.82 Å². The number of benzene rings is 2. The molecule has 2 aromatic heterocycles. The van der Waals surface area contributed by atoms with Gasteiger partial charge in [-0.05, 0) is 52.2 Å². The Morgan fingerprint density at radius 1 is 0.967 bits per heavy atom. The highest BCUT2D eigenvalue weighted by Gasteiger charge is 2.18. The fourth-order valence-electron chi connectivity index (χ4n) is 3.75. The van der Waals surface area contributed by atoms with E-state index in [4.69, 9.17) is 5.73 Å². The van der Waals surface area contributed by atoms with Crippen molar-refractivity contribution in [1.82, 2.24) is 9.97 Å². The second kappa shape index (κ2) is 7.33. The van der Waals surface area contributed by atoms with Crippen LogP contribution in [-0.2, 0) is 6.54 Å². The van der Waals surface area contributed by atoms with Gasteiger partial charge in [0.15, 0.2) is 0 Å². The Labute approximate surface area is 173 Å². The summed E-state index contributed by atoms with van der Waals surface area (Å²) in [6, 6.07) is 17.3. The molecule has 0 spiro atoms. The maximum absolute atomic E-state index is 13.1. The molecule has 4 aromatic rings. The van der Waals surface area contributed by atoms with Crippen LogP contribution in [0.4, 0.5) is 11.5 Å². The molecule has 30 heavy (non-hydrogen) atoms. The van der Waals surface area contributed by atoms with Crippen molar-refractivity contribution in [2.24, 2.45) is 5.73 Å². The Morgan fingerprint density at radius 3 is 2.80 bits per heavy atom. The van der Waals surface area contributed by atoms with Crippen molar-refractivity contribution in [2.75, 3.05) is 10.6 Å². The molecule has 2 aromatic carbocycles. The lowest BCUT2D eigenvalue weighted by Gasteiger charge is -2.18. The molecule has 3 heterocycles. The molecule has 0 aliphatic carbocycles. The number of hydrogen-bond donors (Lipinski definition) is 3. The average Bonchev–Trinajstić information content (AvgIpc) is 2.77. The molecule has 146 valence electrons. The minimum Gasteiger partial charge on any atom is -0.398 e. The molecule has 4 N–H and O–H groups in total. The maximum atomic E-state index is 13.1. The highest BCUT2D eigenvalue weighted by Crippen LogP contribution is 2.32. The number of hydrogen-bond acceptors (Lipinski definition) is 5. The van der Waals surface area contributed by atoms with Gasteiger partial charge in [-0.3, -0.25) is 9.78 Å². The van der Waals surface area contributed by atoms with Crippen LogP contribution < -0.4 is 16.4 Å². The van der Waals surface area contributed by atoms with Gasteiger partial charge in [-0.15, -0.1) is 0 Å². The molecular weight excluding hydrogens is 374 g/mol. The number of fused-ring (bicyclic) bond motifs is 5. The van der Waals surface area contributed by atoms with Crippen LogP contribution in [-0.4, -0.2) is 15.9 Å². The van der Waals surface area contributed by atoms with E-state index < -0.39 is 0 Å². The first-order chi connectivity index (χ1) is 14.7. The lowest BCUT2D eigenvalue weighted by atomic mass is 9.98. The molecule has 0 bridgehead atoms. The van der Waals surface area contributed by atoms with Crippen molar-refractivity contribution in [1.29, 1.82) is 0 Å². The van der Waals surface area contributed by atoms with Crippen LogP contribution in [0.15, 0.2) is 73.2 Å². The van der Waals surface area contributed by atoms with E-state index in [1.807, 2.05) is 48.5 Å². The number of carbonyl (C=O) groups excluding carboxylic acids is 1. The van der Waals surface area contributed by atoms with Crippen LogP contribution in [0.5, 0.6) is 0 Å². The molecule has 6 nitrogen and oxygen atoms in total. The highest BCUT2D eigenvalue weighted by molar-refractivity contribution is 6.11. The number of carbonyl (C=O) groups is 1. The lowest BCUT2D eigenvalue weighted by molar-refractivity contribution is 0.102. The van der Waals surface area contributed by atoms with Gasteiger partial charge in [0.25, 0.3) is 5.91 Å². The molecule has 0 fully saturated rings. The van der Waals surface area contributed by atoms with Crippen molar-refractivity contribution in [3.8, 4) is 0 Å². The number of nitrogens with one attached hydrogen (secondary N) is 2. The monoisotopic (exact) mass is 393 g/mol. The normalized spacial score (nSPS) is 15.2. The summed E-state index contributed by atoms with van der Waals surface area (Å²) in [5.74, 6) is 0.281. The van der Waals surface area contributed by atoms with Crippen molar-refractivity contribution in [2.45, 2.75) is 6.54 Å². The van der Waals surface area contributed by atoms with Gasteiger partial charge < -0.3 is 16.4 Å². The van der Waals surface area contributed by atoms with Crippen LogP contribution in [0.2, 0.25) is 0 Å². The largest absolute Gasteiger partial charge is 0.398 e. The van der Waals surface area contributed by atoms with Gasteiger partial charge in [0.05, 0.1) is 11.3 Å². The Hall–Kier alpha value is -4.19. The third-order valence-electron chi connectivity index (χ3n) is 5.22. The van der Waals surface area contributed by atoms with Gasteiger partial charge in [-0.1, -0.05) is 30.3 Å². The van der Waals surface area contributed by atoms with E-state index in [-0.39, 0.29) is 5.91 Å². The van der Waals surface area contributed by atoms with Crippen molar-refractivity contribution >= 4 is 40.0 Å². The van der Waals surface area contributed by atoms with E-state index in [1.54, 1.807) is 30.7 Å². The third-order valence-corrected chi connectivity index (χ3v) is 5.22. The summed E-state index contributed by atoms with van der Waals surface area (Å²) >= 11 is 0. The Bertz CT molecular complexity index is 1310. The zero-order valence-electron chi connectivity index (χ0n) is 16.1. The molecule has 0 atom stereocenters. The van der Waals surface area contributed by atoms with Gasteiger partial charge in [0.2, 0.25) is 0 Å². The maximum Gasteiger partial charge on any atom is 0.259 e. The van der Waals surface area contributed by atoms with Gasteiger partial charge in [0, 0.05) is 36.4 Å². The predicted molar refractivity (Wildman–Crippen MR) is 120 cm³/mol. The molecule has 1 aliphatic rings. The van der Waals surface area contributed by atoms with Crippen molar-refractivity contribution in [3.63, 3.8) is 0 Å². The summed E-state index contributed by atoms with van der Waals surface area (Å²) in [7, 11) is 0. The summed E-state index contributed by atoms with van der Waals surface area (Å²) in [4.78, 5) is 21.7. The number of pyridine rings is 2. The summed E-state index contributed by atoms with van der Waals surface area (Å²) in [6.45, 7) is 0.487. The predicted octanol–water partition coefficient (Wildman–Crippen LogP) is 4.26. The number of amides is 1. The molecule has 0 saturated heterocycles. The number of nitrogens with two attached hydrogens (primary N) is 1. The van der Waals surface area contributed by atoms with E-state index in [2.05, 4.69) is 20.6 Å². The third kappa shape index (κ3) is 3.14. The topological polar surface area (TPSA) is 92.9 Å². The number of nitrogens with zero attached hydrogens (tertiary/aromatic N) is 2. The lowest BCUT2D eigenvalue weighted by Crippen LogP contribution is -2.18. The van der Waals surface area contributed by atoms with Gasteiger partial charge in [-0.2, -0.15) is 0 Å². The fraction of sp³-hybridized carbons (Fsp3) is 0.0417. The Morgan fingerprint density at radius 2 is 1.87 bits per heavy atom. The van der Waals surface area contributed by atoms with Crippen LogP contribution in [0, 0.1) is 0 Å². The smallest absolute Gasteiger partial charge is 0.259 e. The molecular formula is C24H19N5O. The molecule has 0 unspecified atom stereocenters. The zero-order chi connectivity index (χ0) is 20.5. The van der Waals surface area contributed by atoms with Crippen LogP contribution >= 0.6 is 0 Å². The summed E-state index contributed by atoms with van der Waals surface area (Å²) in [5, 5.41) is 8.31. The van der Waals surface area contributed by atoms with E-state index in [1.165, 1.54) is 0 Å². The fourth-order valence-corrected chi connectivity index (χ4v) is 3.75. The number of anilines is 2. The quantitative estimate of drug-likeness (QED) is 0.415. The van der Waals surface area contributed by atoms with E-state index >= 15 is 0 Å². The molecule has 0 radical (unpaired) electrons. The van der Waals surface area contributed by atoms with Gasteiger partial charge in [-0.25, -0.2) is 4.98 Å². The van der Waals surface area contributed by atoms with Crippen molar-refractivity contribution < 1.29 is 4.79 Å². The van der Waals surface area contributed by atoms with E-state index in [9.17, 15) is 4.79 Å². The summed E-state index contributed by atoms with van der Waals surface area (Å²) in [6.07, 6.45) is 7.10. The Kier molecular flexibility index (Phi) is 4.37. The average molecular weight is 393 g/mol. The Balaban J connectivity index is 1.79. The standard InChI is InChI=1S/C24H19N5O/c25-20-12-17-13-26-11-9-16(17)14-28-23-19(6-3-10-27-23)24(30)29-21-8-7-15-4-1-2-5-18(15)22(20)21/h1-13H,14,25H2,(H,27,28)(H,29,30)/b20-12-. The van der Waals surface area contributed by atoms with Crippen LogP contribution in [0.3, 0.4) is 0 Å². The minimum atomic E-state index is -0.245. The highest BCUT2D eigenvalue weighted by atomic mass is 16.1. The number of rotatable bonds is 0. The summed E-state index contributed by atoms with van der Waals surface area (Å²) < 4.78 is 0.